The van der Waals surface area contributed by atoms with Gasteiger partial charge >= 0.3 is 0 Å². The Morgan fingerprint density at radius 1 is 0.614 bits per heavy atom. The molecule has 0 aliphatic carbocycles. The second-order valence-corrected chi connectivity index (χ2v) is 15.3. The minimum atomic E-state index is -2.98. The summed E-state index contributed by atoms with van der Waals surface area (Å²) in [6.45, 7) is 9.09. The first kappa shape index (κ1) is 31.2. The predicted molar refractivity (Wildman–Crippen MR) is 190 cm³/mol. The van der Waals surface area contributed by atoms with Crippen LogP contribution in [0.1, 0.15) is 37.8 Å². The Kier molecular flexibility index (Phi) is 11.0. The van der Waals surface area contributed by atoms with Crippen LogP contribution in [0.25, 0.3) is 0 Å². The summed E-state index contributed by atoms with van der Waals surface area (Å²) in [5.74, 6) is 0.235. The first-order valence-corrected chi connectivity index (χ1v) is 17.7. The smallest absolute Gasteiger partial charge is 0.288 e. The number of allylic oxidation sites excluding steroid dienone is 2. The molecule has 2 atom stereocenters. The monoisotopic (exact) mass is 592 g/mol. The summed E-state index contributed by atoms with van der Waals surface area (Å²) in [6.07, 6.45) is 5.86. The maximum absolute atomic E-state index is 7.92. The Hall–Kier alpha value is -4.24. The van der Waals surface area contributed by atoms with E-state index in [9.17, 15) is 0 Å². The molecule has 0 saturated carbocycles. The van der Waals surface area contributed by atoms with Crippen LogP contribution in [-0.4, -0.2) is 14.4 Å². The highest BCUT2D eigenvalue weighted by atomic mass is 28.4. The average Bonchev–Trinajstić information content (AvgIpc) is 3.08. The molecule has 5 aromatic rings. The van der Waals surface area contributed by atoms with Crippen LogP contribution < -0.4 is 15.6 Å². The molecule has 0 radical (unpaired) electrons. The molecule has 2 heteroatoms. The third-order valence-electron chi connectivity index (χ3n) is 8.44. The third-order valence-corrected chi connectivity index (χ3v) is 12.5. The first-order chi connectivity index (χ1) is 21.6. The Bertz CT molecular complexity index is 1500. The van der Waals surface area contributed by atoms with Gasteiger partial charge in [-0.2, -0.15) is 0 Å². The van der Waals surface area contributed by atoms with Gasteiger partial charge in [-0.25, -0.2) is 0 Å². The summed E-state index contributed by atoms with van der Waals surface area (Å²) in [5, 5.41) is 3.75. The zero-order valence-electron chi connectivity index (χ0n) is 26.1. The molecule has 0 heterocycles. The third kappa shape index (κ3) is 7.82. The van der Waals surface area contributed by atoms with Crippen molar-refractivity contribution in [1.82, 2.24) is 0 Å². The highest BCUT2D eigenvalue weighted by molar-refractivity contribution is 7.07. The zero-order valence-corrected chi connectivity index (χ0v) is 27.1. The molecule has 0 amide bonds. The van der Waals surface area contributed by atoms with E-state index in [1.807, 2.05) is 0 Å². The lowest BCUT2D eigenvalue weighted by Crippen LogP contribution is -2.71. The van der Waals surface area contributed by atoms with Crippen molar-refractivity contribution in [3.8, 4) is 0 Å². The lowest BCUT2D eigenvalue weighted by atomic mass is 9.84. The molecule has 0 aliphatic heterocycles. The Balaban J connectivity index is 1.68. The van der Waals surface area contributed by atoms with E-state index in [1.54, 1.807) is 0 Å². The van der Waals surface area contributed by atoms with E-state index in [1.165, 1.54) is 32.3 Å². The normalized spacial score (nSPS) is 12.7. The molecule has 1 nitrogen and oxygen atoms in total. The quantitative estimate of drug-likeness (QED) is 0.0714. The van der Waals surface area contributed by atoms with E-state index in [2.05, 4.69) is 172 Å². The van der Waals surface area contributed by atoms with Gasteiger partial charge in [0.05, 0.1) is 6.10 Å². The molecule has 2 unspecified atom stereocenters. The van der Waals surface area contributed by atoms with Crippen LogP contribution in [0.2, 0.25) is 0 Å². The van der Waals surface area contributed by atoms with Crippen molar-refractivity contribution in [3.05, 3.63) is 187 Å². The number of rotatable bonds is 14. The molecule has 0 aliphatic rings. The Morgan fingerprint density at radius 3 is 1.45 bits per heavy atom. The maximum Gasteiger partial charge on any atom is 0.288 e. The van der Waals surface area contributed by atoms with Crippen LogP contribution in [0.4, 0.5) is 0 Å². The van der Waals surface area contributed by atoms with Crippen molar-refractivity contribution >= 4 is 23.9 Å². The Labute approximate surface area is 265 Å². The minimum Gasteiger partial charge on any atom is -0.397 e. The molecule has 44 heavy (non-hydrogen) atoms. The lowest BCUT2D eigenvalue weighted by Gasteiger charge is -2.40. The molecule has 0 N–H and O–H groups in total. The number of aryl methyl sites for hydroxylation is 1. The van der Waals surface area contributed by atoms with Gasteiger partial charge in [-0.05, 0) is 77.7 Å². The SMILES string of the molecule is C=C(CC=C(C)C)C(O[Si](c1ccccc1)(c1ccccc1)c1ccccc1)C(CCc1ccccc1)Cc1ccccc1. The number of hydrogen-bond donors (Lipinski definition) is 0. The molecular weight excluding hydrogens is 549 g/mol. The van der Waals surface area contributed by atoms with Crippen molar-refractivity contribution in [1.29, 1.82) is 0 Å². The van der Waals surface area contributed by atoms with Gasteiger partial charge in [0, 0.05) is 0 Å². The standard InChI is InChI=1S/C42H44OSi/c1-34(2)29-30-35(3)42(38(33-37-21-11-5-12-22-37)32-31-36-19-9-4-10-20-36)43-44(39-23-13-6-14-24-39,40-25-15-7-16-26-40)41-27-17-8-18-28-41/h4-29,38,42H,3,30-33H2,1-2H3. The molecular formula is C42H44OSi. The fourth-order valence-corrected chi connectivity index (χ4v) is 10.3. The van der Waals surface area contributed by atoms with Crippen LogP contribution in [0.5, 0.6) is 0 Å². The summed E-state index contributed by atoms with van der Waals surface area (Å²) in [6, 6.07) is 54.5. The minimum absolute atomic E-state index is 0.151. The van der Waals surface area contributed by atoms with Gasteiger partial charge in [0.1, 0.15) is 0 Å². The van der Waals surface area contributed by atoms with Crippen LogP contribution >= 0.6 is 0 Å². The summed E-state index contributed by atoms with van der Waals surface area (Å²) >= 11 is 0. The second kappa shape index (κ2) is 15.5. The van der Waals surface area contributed by atoms with Crippen LogP contribution in [-0.2, 0) is 17.3 Å². The molecule has 0 bridgehead atoms. The van der Waals surface area contributed by atoms with Crippen molar-refractivity contribution in [2.24, 2.45) is 5.92 Å². The van der Waals surface area contributed by atoms with Crippen LogP contribution in [0.3, 0.4) is 0 Å². The van der Waals surface area contributed by atoms with Crippen molar-refractivity contribution < 1.29 is 4.43 Å². The van der Waals surface area contributed by atoms with Gasteiger partial charge in [0.25, 0.3) is 8.32 Å². The van der Waals surface area contributed by atoms with Crippen molar-refractivity contribution in [3.63, 3.8) is 0 Å². The lowest BCUT2D eigenvalue weighted by molar-refractivity contribution is 0.157. The molecule has 5 aromatic carbocycles. The van der Waals surface area contributed by atoms with Gasteiger partial charge < -0.3 is 4.43 Å². The average molecular weight is 593 g/mol. The zero-order chi connectivity index (χ0) is 30.6. The first-order valence-electron chi connectivity index (χ1n) is 15.8. The van der Waals surface area contributed by atoms with E-state index in [0.717, 1.165) is 31.3 Å². The fourth-order valence-electron chi connectivity index (χ4n) is 6.15. The summed E-state index contributed by atoms with van der Waals surface area (Å²) in [5.41, 5.74) is 5.13. The highest BCUT2D eigenvalue weighted by Gasteiger charge is 2.45. The van der Waals surface area contributed by atoms with E-state index < -0.39 is 8.32 Å². The maximum atomic E-state index is 7.92. The Morgan fingerprint density at radius 2 is 1.02 bits per heavy atom. The van der Waals surface area contributed by atoms with Gasteiger partial charge in [0.15, 0.2) is 0 Å². The summed E-state index contributed by atoms with van der Waals surface area (Å²) in [4.78, 5) is 0. The molecule has 0 saturated heterocycles. The van der Waals surface area contributed by atoms with Crippen molar-refractivity contribution in [2.45, 2.75) is 45.6 Å². The van der Waals surface area contributed by atoms with Gasteiger partial charge in [-0.15, -0.1) is 0 Å². The molecule has 0 aromatic heterocycles. The van der Waals surface area contributed by atoms with E-state index in [4.69, 9.17) is 11.0 Å². The van der Waals surface area contributed by atoms with Gasteiger partial charge in [-0.1, -0.05) is 170 Å². The molecule has 222 valence electrons. The van der Waals surface area contributed by atoms with E-state index in [0.29, 0.717) is 0 Å². The second-order valence-electron chi connectivity index (χ2n) is 11.9. The number of benzene rings is 5. The van der Waals surface area contributed by atoms with E-state index >= 15 is 0 Å². The fraction of sp³-hybridized carbons (Fsp3) is 0.190. The van der Waals surface area contributed by atoms with Crippen LogP contribution in [0.15, 0.2) is 175 Å². The topological polar surface area (TPSA) is 9.23 Å². The largest absolute Gasteiger partial charge is 0.397 e. The van der Waals surface area contributed by atoms with Gasteiger partial charge in [0.2, 0.25) is 0 Å². The molecule has 5 rings (SSSR count). The molecule has 0 fully saturated rings. The number of hydrogen-bond acceptors (Lipinski definition) is 1. The predicted octanol–water partition coefficient (Wildman–Crippen LogP) is 8.44. The van der Waals surface area contributed by atoms with Gasteiger partial charge in [-0.3, -0.25) is 0 Å². The van der Waals surface area contributed by atoms with Crippen molar-refractivity contribution in [2.75, 3.05) is 0 Å². The van der Waals surface area contributed by atoms with E-state index in [-0.39, 0.29) is 12.0 Å². The summed E-state index contributed by atoms with van der Waals surface area (Å²) in [7, 11) is -2.98. The summed E-state index contributed by atoms with van der Waals surface area (Å²) < 4.78 is 7.92. The van der Waals surface area contributed by atoms with Crippen LogP contribution in [0, 0.1) is 5.92 Å². The molecule has 0 spiro atoms. The highest BCUT2D eigenvalue weighted by Crippen LogP contribution is 2.30.